The van der Waals surface area contributed by atoms with Crippen LogP contribution in [0, 0.1) is 0 Å². The van der Waals surface area contributed by atoms with Gasteiger partial charge in [-0.25, -0.2) is 4.79 Å². The third kappa shape index (κ3) is 4.55. The summed E-state index contributed by atoms with van der Waals surface area (Å²) in [5.74, 6) is -0.249. The van der Waals surface area contributed by atoms with Crippen LogP contribution in [0.15, 0.2) is 28.7 Å². The van der Waals surface area contributed by atoms with E-state index in [1.54, 1.807) is 12.1 Å². The molecule has 21 heavy (non-hydrogen) atoms. The molecule has 0 amide bonds. The van der Waals surface area contributed by atoms with Crippen molar-refractivity contribution in [1.29, 1.82) is 0 Å². The summed E-state index contributed by atoms with van der Waals surface area (Å²) in [6.45, 7) is 7.31. The Kier molecular flexibility index (Phi) is 5.82. The molecule has 0 N–H and O–H groups in total. The van der Waals surface area contributed by atoms with Crippen molar-refractivity contribution < 1.29 is 9.53 Å². The third-order valence-corrected chi connectivity index (χ3v) is 4.71. The van der Waals surface area contributed by atoms with E-state index in [2.05, 4.69) is 34.7 Å². The fraction of sp³-hybridized carbons (Fsp3) is 0.588. The van der Waals surface area contributed by atoms with E-state index in [4.69, 9.17) is 4.74 Å². The lowest BCUT2D eigenvalue weighted by molar-refractivity contribution is 0.00811. The van der Waals surface area contributed by atoms with Crippen molar-refractivity contribution in [3.63, 3.8) is 0 Å². The highest BCUT2D eigenvalue weighted by Gasteiger charge is 2.26. The Balaban J connectivity index is 1.92. The van der Waals surface area contributed by atoms with Crippen molar-refractivity contribution in [3.05, 3.63) is 34.3 Å². The molecule has 1 fully saturated rings. The topological polar surface area (TPSA) is 29.5 Å². The molecule has 1 aromatic rings. The molecule has 116 valence electrons. The molecule has 0 saturated carbocycles. The molecular weight excluding hydrogens is 330 g/mol. The van der Waals surface area contributed by atoms with Crippen molar-refractivity contribution >= 4 is 21.9 Å². The largest absolute Gasteiger partial charge is 0.458 e. The zero-order valence-electron chi connectivity index (χ0n) is 13.0. The zero-order valence-corrected chi connectivity index (χ0v) is 14.6. The Bertz CT molecular complexity index is 481. The number of carbonyl (C=O) groups excluding carboxylic acids is 1. The van der Waals surface area contributed by atoms with E-state index in [1.165, 1.54) is 19.3 Å². The molecule has 0 aliphatic carbocycles. The van der Waals surface area contributed by atoms with Gasteiger partial charge in [0.05, 0.1) is 5.56 Å². The zero-order chi connectivity index (χ0) is 15.4. The Morgan fingerprint density at radius 1 is 1.38 bits per heavy atom. The van der Waals surface area contributed by atoms with E-state index in [0.29, 0.717) is 17.6 Å². The standard InChI is InChI=1S/C17H24BrNO2/c1-12-6-4-7-13(2)19(12)11-14(3)21-17(20)15-8-5-9-16(18)10-15/h5,8-10,12-14H,4,6-7,11H2,1-3H3/t12-,13+,14-/m0/s1. The number of carbonyl (C=O) groups is 1. The number of esters is 1. The lowest BCUT2D eigenvalue weighted by atomic mass is 9.97. The summed E-state index contributed by atoms with van der Waals surface area (Å²) in [6, 6.07) is 8.46. The average molecular weight is 354 g/mol. The predicted molar refractivity (Wildman–Crippen MR) is 88.5 cm³/mol. The van der Waals surface area contributed by atoms with E-state index in [-0.39, 0.29) is 12.1 Å². The van der Waals surface area contributed by atoms with Crippen LogP contribution in [0.1, 0.15) is 50.4 Å². The molecule has 0 radical (unpaired) electrons. The van der Waals surface area contributed by atoms with Crippen LogP contribution in [-0.2, 0) is 4.74 Å². The predicted octanol–water partition coefficient (Wildman–Crippen LogP) is 4.26. The second kappa shape index (κ2) is 7.41. The minimum Gasteiger partial charge on any atom is -0.458 e. The molecule has 0 aromatic heterocycles. The van der Waals surface area contributed by atoms with Crippen molar-refractivity contribution in [2.75, 3.05) is 6.54 Å². The SMILES string of the molecule is C[C@@H]1CCC[C@H](C)N1C[C@H](C)OC(=O)c1cccc(Br)c1. The summed E-state index contributed by atoms with van der Waals surface area (Å²) >= 11 is 3.38. The number of hydrogen-bond acceptors (Lipinski definition) is 3. The Hall–Kier alpha value is -0.870. The van der Waals surface area contributed by atoms with Crippen molar-refractivity contribution in [3.8, 4) is 0 Å². The van der Waals surface area contributed by atoms with Crippen LogP contribution in [-0.4, -0.2) is 35.6 Å². The molecule has 1 aliphatic heterocycles. The molecule has 0 spiro atoms. The van der Waals surface area contributed by atoms with Gasteiger partial charge < -0.3 is 4.74 Å². The van der Waals surface area contributed by atoms with Crippen molar-refractivity contribution in [2.45, 2.75) is 58.2 Å². The maximum atomic E-state index is 12.2. The van der Waals surface area contributed by atoms with E-state index < -0.39 is 0 Å². The number of likely N-dealkylation sites (tertiary alicyclic amines) is 1. The summed E-state index contributed by atoms with van der Waals surface area (Å²) in [5.41, 5.74) is 0.593. The third-order valence-electron chi connectivity index (χ3n) is 4.21. The quantitative estimate of drug-likeness (QED) is 0.757. The number of benzene rings is 1. The first-order chi connectivity index (χ1) is 9.97. The molecular formula is C17H24BrNO2. The lowest BCUT2D eigenvalue weighted by Crippen LogP contribution is -2.47. The first kappa shape index (κ1) is 16.5. The maximum absolute atomic E-state index is 12.2. The Morgan fingerprint density at radius 2 is 2.05 bits per heavy atom. The highest BCUT2D eigenvalue weighted by Crippen LogP contribution is 2.23. The monoisotopic (exact) mass is 353 g/mol. The van der Waals surface area contributed by atoms with Crippen LogP contribution in [0.2, 0.25) is 0 Å². The van der Waals surface area contributed by atoms with Crippen LogP contribution < -0.4 is 0 Å². The summed E-state index contributed by atoms with van der Waals surface area (Å²) in [6.07, 6.45) is 3.66. The van der Waals surface area contributed by atoms with E-state index in [1.807, 2.05) is 19.1 Å². The highest BCUT2D eigenvalue weighted by atomic mass is 79.9. The van der Waals surface area contributed by atoms with Crippen LogP contribution in [0.5, 0.6) is 0 Å². The van der Waals surface area contributed by atoms with Gasteiger partial charge in [0.2, 0.25) is 0 Å². The molecule has 4 heteroatoms. The fourth-order valence-corrected chi connectivity index (χ4v) is 3.43. The summed E-state index contributed by atoms with van der Waals surface area (Å²) in [7, 11) is 0. The van der Waals surface area contributed by atoms with E-state index in [9.17, 15) is 4.79 Å². The first-order valence-corrected chi connectivity index (χ1v) is 8.49. The molecule has 3 atom stereocenters. The average Bonchev–Trinajstić information content (AvgIpc) is 2.43. The second-order valence-electron chi connectivity index (χ2n) is 6.05. The van der Waals surface area contributed by atoms with Crippen LogP contribution in [0.25, 0.3) is 0 Å². The Labute approximate surface area is 135 Å². The molecule has 1 aromatic carbocycles. The molecule has 0 bridgehead atoms. The van der Waals surface area contributed by atoms with Gasteiger partial charge in [-0.3, -0.25) is 4.90 Å². The smallest absolute Gasteiger partial charge is 0.338 e. The molecule has 2 rings (SSSR count). The number of piperidine rings is 1. The molecule has 1 heterocycles. The molecule has 1 saturated heterocycles. The number of rotatable bonds is 4. The number of nitrogens with zero attached hydrogens (tertiary/aromatic N) is 1. The van der Waals surface area contributed by atoms with Gasteiger partial charge in [-0.15, -0.1) is 0 Å². The minimum absolute atomic E-state index is 0.0977. The molecule has 1 aliphatic rings. The van der Waals surface area contributed by atoms with Crippen LogP contribution >= 0.6 is 15.9 Å². The van der Waals surface area contributed by atoms with Gasteiger partial charge in [-0.2, -0.15) is 0 Å². The van der Waals surface area contributed by atoms with Crippen molar-refractivity contribution in [2.24, 2.45) is 0 Å². The Morgan fingerprint density at radius 3 is 2.67 bits per heavy atom. The van der Waals surface area contributed by atoms with Crippen LogP contribution in [0.3, 0.4) is 0 Å². The maximum Gasteiger partial charge on any atom is 0.338 e. The van der Waals surface area contributed by atoms with Gasteiger partial charge in [0.1, 0.15) is 6.10 Å². The van der Waals surface area contributed by atoms with Gasteiger partial charge in [0.15, 0.2) is 0 Å². The number of halogens is 1. The van der Waals surface area contributed by atoms with Gasteiger partial charge in [-0.05, 0) is 51.8 Å². The van der Waals surface area contributed by atoms with E-state index in [0.717, 1.165) is 11.0 Å². The molecule has 3 nitrogen and oxygen atoms in total. The number of ether oxygens (including phenoxy) is 1. The summed E-state index contributed by atoms with van der Waals surface area (Å²) in [4.78, 5) is 14.6. The van der Waals surface area contributed by atoms with Gasteiger partial charge in [-0.1, -0.05) is 28.4 Å². The van der Waals surface area contributed by atoms with E-state index >= 15 is 0 Å². The normalized spacial score (nSPS) is 24.6. The summed E-state index contributed by atoms with van der Waals surface area (Å²) < 4.78 is 6.48. The van der Waals surface area contributed by atoms with Gasteiger partial charge in [0, 0.05) is 23.1 Å². The minimum atomic E-state index is -0.249. The summed E-state index contributed by atoms with van der Waals surface area (Å²) in [5, 5.41) is 0. The van der Waals surface area contributed by atoms with Gasteiger partial charge >= 0.3 is 5.97 Å². The van der Waals surface area contributed by atoms with Crippen LogP contribution in [0.4, 0.5) is 0 Å². The highest BCUT2D eigenvalue weighted by molar-refractivity contribution is 9.10. The number of hydrogen-bond donors (Lipinski definition) is 0. The fourth-order valence-electron chi connectivity index (χ4n) is 3.04. The first-order valence-electron chi connectivity index (χ1n) is 7.69. The lowest BCUT2D eigenvalue weighted by Gasteiger charge is -2.40. The molecule has 0 unspecified atom stereocenters. The second-order valence-corrected chi connectivity index (χ2v) is 6.97. The van der Waals surface area contributed by atoms with Gasteiger partial charge in [0.25, 0.3) is 0 Å². The van der Waals surface area contributed by atoms with Crippen molar-refractivity contribution in [1.82, 2.24) is 4.90 Å².